The quantitative estimate of drug-likeness (QED) is 0.314. The molecule has 2 N–H and O–H groups in total. The van der Waals surface area contributed by atoms with Gasteiger partial charge in [0.15, 0.2) is 0 Å². The minimum Gasteiger partial charge on any atom is -0.354 e. The van der Waals surface area contributed by atoms with E-state index < -0.39 is 0 Å². The van der Waals surface area contributed by atoms with Gasteiger partial charge in [-0.15, -0.1) is 0 Å². The van der Waals surface area contributed by atoms with Crippen LogP contribution in [-0.4, -0.2) is 11.6 Å². The molecule has 1 aliphatic heterocycles. The summed E-state index contributed by atoms with van der Waals surface area (Å²) in [5, 5.41) is 7.73. The van der Waals surface area contributed by atoms with Gasteiger partial charge < -0.3 is 5.32 Å². The van der Waals surface area contributed by atoms with Gasteiger partial charge in [0, 0.05) is 14.3 Å². The number of nitrogens with one attached hydrogen (secondary N) is 2. The average Bonchev–Trinajstić information content (AvgIpc) is 2.70. The Labute approximate surface area is 170 Å². The lowest BCUT2D eigenvalue weighted by Crippen LogP contribution is -2.19. The highest BCUT2D eigenvalue weighted by Crippen LogP contribution is 2.44. The molecule has 0 saturated heterocycles. The van der Waals surface area contributed by atoms with Crippen LogP contribution in [0.5, 0.6) is 0 Å². The van der Waals surface area contributed by atoms with E-state index in [9.17, 15) is 4.79 Å². The van der Waals surface area contributed by atoms with Crippen LogP contribution in [0.15, 0.2) is 86.1 Å². The molecule has 0 saturated carbocycles. The molecule has 0 bridgehead atoms. The predicted molar refractivity (Wildman–Crippen MR) is 114 cm³/mol. The fourth-order valence-corrected chi connectivity index (χ4v) is 4.20. The summed E-state index contributed by atoms with van der Waals surface area (Å²) in [7, 11) is 0. The molecule has 27 heavy (non-hydrogen) atoms. The Hall–Kier alpha value is -2.57. The van der Waals surface area contributed by atoms with E-state index in [1.165, 1.54) is 9.79 Å². The number of carbonyl (C=O) groups excluding carboxylic acids is 1. The van der Waals surface area contributed by atoms with E-state index in [0.29, 0.717) is 5.56 Å². The first-order valence-electron chi connectivity index (χ1n) is 8.39. The Morgan fingerprint density at radius 2 is 1.74 bits per heavy atom. The second kappa shape index (κ2) is 7.58. The Morgan fingerprint density at radius 3 is 2.59 bits per heavy atom. The highest BCUT2D eigenvalue weighted by Gasteiger charge is 2.16. The third-order valence-corrected chi connectivity index (χ3v) is 6.06. The number of hydrogen-bond donors (Lipinski definition) is 2. The van der Waals surface area contributed by atoms with Gasteiger partial charge in [0.2, 0.25) is 0 Å². The lowest BCUT2D eigenvalue weighted by molar-refractivity contribution is 0.0954. The molecule has 0 radical (unpaired) electrons. The van der Waals surface area contributed by atoms with E-state index in [2.05, 4.69) is 56.0 Å². The Kier molecular flexibility index (Phi) is 5.01. The molecule has 1 aliphatic rings. The van der Waals surface area contributed by atoms with Gasteiger partial charge in [0.1, 0.15) is 0 Å². The summed E-state index contributed by atoms with van der Waals surface area (Å²) in [6.45, 7) is 1.88. The second-order valence-corrected chi connectivity index (χ2v) is 7.99. The number of hydrogen-bond acceptors (Lipinski definition) is 4. The minimum atomic E-state index is -0.248. The number of halogens is 1. The predicted octanol–water partition coefficient (Wildman–Crippen LogP) is 5.81. The molecule has 6 heteroatoms. The van der Waals surface area contributed by atoms with Gasteiger partial charge in [-0.2, -0.15) is 5.10 Å². The van der Waals surface area contributed by atoms with Crippen molar-refractivity contribution in [2.24, 2.45) is 5.10 Å². The van der Waals surface area contributed by atoms with Crippen LogP contribution < -0.4 is 10.7 Å². The number of amides is 1. The number of anilines is 2. The van der Waals surface area contributed by atoms with Gasteiger partial charge in [0.25, 0.3) is 5.91 Å². The van der Waals surface area contributed by atoms with Crippen LogP contribution in [0.4, 0.5) is 11.4 Å². The molecule has 0 fully saturated rings. The first-order valence-corrected chi connectivity index (χ1v) is 10.0. The number of rotatable bonds is 3. The summed E-state index contributed by atoms with van der Waals surface area (Å²) < 4.78 is 0.740. The zero-order chi connectivity index (χ0) is 18.8. The van der Waals surface area contributed by atoms with Crippen molar-refractivity contribution in [2.75, 3.05) is 5.32 Å². The lowest BCUT2D eigenvalue weighted by atomic mass is 10.1. The topological polar surface area (TPSA) is 53.5 Å². The number of para-hydroxylation sites is 1. The standard InChI is InChI=1S/C21H16BrN3OS/c1-13(24-25-21(26)15-6-2-3-7-16(15)22)14-10-11-20-18(12-14)23-17-8-4-5-9-19(17)27-20/h2-12,23H,1H3,(H,25,26). The van der Waals surface area contributed by atoms with E-state index in [4.69, 9.17) is 0 Å². The van der Waals surface area contributed by atoms with E-state index >= 15 is 0 Å². The Bertz CT molecular complexity index is 1060. The van der Waals surface area contributed by atoms with Crippen LogP contribution in [0, 0.1) is 0 Å². The molecule has 3 aromatic carbocycles. The summed E-state index contributed by atoms with van der Waals surface area (Å²) in [4.78, 5) is 14.7. The van der Waals surface area contributed by atoms with E-state index in [1.807, 2.05) is 43.3 Å². The maximum Gasteiger partial charge on any atom is 0.272 e. The maximum absolute atomic E-state index is 12.3. The molecule has 0 aliphatic carbocycles. The molecule has 4 nitrogen and oxygen atoms in total. The van der Waals surface area contributed by atoms with Gasteiger partial charge in [-0.1, -0.05) is 42.1 Å². The monoisotopic (exact) mass is 437 g/mol. The molecule has 134 valence electrons. The van der Waals surface area contributed by atoms with Crippen LogP contribution >= 0.6 is 27.7 Å². The van der Waals surface area contributed by atoms with Gasteiger partial charge in [0.05, 0.1) is 22.6 Å². The summed E-state index contributed by atoms with van der Waals surface area (Å²) >= 11 is 5.13. The Balaban J connectivity index is 1.53. The Morgan fingerprint density at radius 1 is 1.00 bits per heavy atom. The van der Waals surface area contributed by atoms with Crippen LogP contribution in [0.1, 0.15) is 22.8 Å². The lowest BCUT2D eigenvalue weighted by Gasteiger charge is -2.21. The summed E-state index contributed by atoms with van der Waals surface area (Å²) in [5.41, 5.74) is 7.01. The maximum atomic E-state index is 12.3. The molecule has 0 aromatic heterocycles. The number of nitrogens with zero attached hydrogens (tertiary/aromatic N) is 1. The number of fused-ring (bicyclic) bond motifs is 2. The fourth-order valence-electron chi connectivity index (χ4n) is 2.77. The highest BCUT2D eigenvalue weighted by atomic mass is 79.9. The summed E-state index contributed by atoms with van der Waals surface area (Å²) in [5.74, 6) is -0.248. The minimum absolute atomic E-state index is 0.248. The van der Waals surface area contributed by atoms with Crippen LogP contribution in [-0.2, 0) is 0 Å². The van der Waals surface area contributed by atoms with Crippen molar-refractivity contribution in [3.63, 3.8) is 0 Å². The fraction of sp³-hybridized carbons (Fsp3) is 0.0476. The van der Waals surface area contributed by atoms with Gasteiger partial charge in [-0.3, -0.25) is 4.79 Å². The van der Waals surface area contributed by atoms with Crippen molar-refractivity contribution in [3.05, 3.63) is 82.3 Å². The third-order valence-electron chi connectivity index (χ3n) is 4.22. The first-order chi connectivity index (χ1) is 13.1. The van der Waals surface area contributed by atoms with Crippen molar-refractivity contribution in [1.29, 1.82) is 0 Å². The van der Waals surface area contributed by atoms with Gasteiger partial charge in [-0.25, -0.2) is 5.43 Å². The van der Waals surface area contributed by atoms with E-state index in [-0.39, 0.29) is 5.91 Å². The number of benzene rings is 3. The third kappa shape index (κ3) is 3.77. The summed E-state index contributed by atoms with van der Waals surface area (Å²) in [6, 6.07) is 21.6. The highest BCUT2D eigenvalue weighted by molar-refractivity contribution is 9.10. The molecule has 3 aromatic rings. The van der Waals surface area contributed by atoms with Crippen molar-refractivity contribution in [1.82, 2.24) is 5.43 Å². The first kappa shape index (κ1) is 17.8. The summed E-state index contributed by atoms with van der Waals surface area (Å²) in [6.07, 6.45) is 0. The molecular weight excluding hydrogens is 422 g/mol. The zero-order valence-electron chi connectivity index (χ0n) is 14.5. The SMILES string of the molecule is CC(=NNC(=O)c1ccccc1Br)c1ccc2c(c1)Nc1ccccc1S2. The average molecular weight is 438 g/mol. The van der Waals surface area contributed by atoms with Crippen molar-refractivity contribution in [3.8, 4) is 0 Å². The molecule has 0 spiro atoms. The van der Waals surface area contributed by atoms with E-state index in [0.717, 1.165) is 27.1 Å². The van der Waals surface area contributed by atoms with Crippen molar-refractivity contribution in [2.45, 2.75) is 16.7 Å². The van der Waals surface area contributed by atoms with E-state index in [1.54, 1.807) is 17.8 Å². The molecule has 4 rings (SSSR count). The molecule has 1 amide bonds. The molecule has 1 heterocycles. The number of hydrazone groups is 1. The van der Waals surface area contributed by atoms with Crippen molar-refractivity contribution >= 4 is 50.7 Å². The van der Waals surface area contributed by atoms with Gasteiger partial charge >= 0.3 is 0 Å². The normalized spacial score (nSPS) is 12.6. The van der Waals surface area contributed by atoms with Crippen LogP contribution in [0.25, 0.3) is 0 Å². The van der Waals surface area contributed by atoms with Gasteiger partial charge in [-0.05, 0) is 64.8 Å². The van der Waals surface area contributed by atoms with Crippen LogP contribution in [0.3, 0.4) is 0 Å². The molecular formula is C21H16BrN3OS. The number of carbonyl (C=O) groups is 1. The van der Waals surface area contributed by atoms with Crippen molar-refractivity contribution < 1.29 is 4.79 Å². The zero-order valence-corrected chi connectivity index (χ0v) is 16.9. The largest absolute Gasteiger partial charge is 0.354 e. The smallest absolute Gasteiger partial charge is 0.272 e. The molecule has 0 unspecified atom stereocenters. The molecule has 0 atom stereocenters. The second-order valence-electron chi connectivity index (χ2n) is 6.05. The van der Waals surface area contributed by atoms with Crippen LogP contribution in [0.2, 0.25) is 0 Å².